The number of carbonyl (C=O) groups is 2. The number of aromatic nitrogens is 1. The van der Waals surface area contributed by atoms with E-state index in [-0.39, 0.29) is 12.3 Å². The molecule has 1 aromatic heterocycles. The van der Waals surface area contributed by atoms with Crippen LogP contribution in [0.1, 0.15) is 37.8 Å². The summed E-state index contributed by atoms with van der Waals surface area (Å²) in [6.07, 6.45) is 0.103. The Bertz CT molecular complexity index is 471. The molecular weight excluding hydrogens is 248 g/mol. The number of aryl methyl sites for hydroxylation is 2. The molecule has 1 aromatic rings. The molecule has 0 aliphatic heterocycles. The summed E-state index contributed by atoms with van der Waals surface area (Å²) in [7, 11) is 0. The van der Waals surface area contributed by atoms with E-state index in [0.717, 1.165) is 5.56 Å². The van der Waals surface area contributed by atoms with Crippen LogP contribution in [0.5, 0.6) is 0 Å². The van der Waals surface area contributed by atoms with Gasteiger partial charge in [0.05, 0.1) is 12.1 Å². The third-order valence-corrected chi connectivity index (χ3v) is 3.32. The number of carbonyl (C=O) groups excluding carboxylic acids is 1. The topological polar surface area (TPSA) is 83.6 Å². The Morgan fingerprint density at radius 1 is 1.37 bits per heavy atom. The molecule has 0 atom stereocenters. The molecule has 1 rings (SSSR count). The second-order valence-electron chi connectivity index (χ2n) is 4.98. The Labute approximate surface area is 112 Å². The standard InChI is InChI=1S/C13H20N2O4/c1-6-15(13(4,5)12(17)18)11(16)7-10-8(2)14-19-9(10)3/h6-7H2,1-5H3,(H,17,18). The number of rotatable bonds is 5. The van der Waals surface area contributed by atoms with Gasteiger partial charge in [-0.2, -0.15) is 0 Å². The first kappa shape index (κ1) is 15.2. The zero-order valence-corrected chi connectivity index (χ0v) is 12.0. The van der Waals surface area contributed by atoms with Gasteiger partial charge in [-0.1, -0.05) is 5.16 Å². The fraction of sp³-hybridized carbons (Fsp3) is 0.615. The maximum absolute atomic E-state index is 12.3. The van der Waals surface area contributed by atoms with Crippen molar-refractivity contribution in [2.45, 2.75) is 46.6 Å². The lowest BCUT2D eigenvalue weighted by Crippen LogP contribution is -2.53. The molecule has 0 spiro atoms. The van der Waals surface area contributed by atoms with Crippen molar-refractivity contribution in [1.29, 1.82) is 0 Å². The Morgan fingerprint density at radius 2 is 1.95 bits per heavy atom. The monoisotopic (exact) mass is 268 g/mol. The molecule has 0 aromatic carbocycles. The number of nitrogens with zero attached hydrogens (tertiary/aromatic N) is 2. The van der Waals surface area contributed by atoms with Crippen LogP contribution in [0.3, 0.4) is 0 Å². The zero-order chi connectivity index (χ0) is 14.8. The van der Waals surface area contributed by atoms with E-state index in [4.69, 9.17) is 4.52 Å². The lowest BCUT2D eigenvalue weighted by atomic mass is 10.0. The summed E-state index contributed by atoms with van der Waals surface area (Å²) in [4.78, 5) is 24.9. The van der Waals surface area contributed by atoms with Gasteiger partial charge in [-0.15, -0.1) is 0 Å². The van der Waals surface area contributed by atoms with Gasteiger partial charge in [0.2, 0.25) is 5.91 Å². The normalized spacial score (nSPS) is 11.4. The van der Waals surface area contributed by atoms with Crippen LogP contribution in [-0.4, -0.2) is 39.1 Å². The Hall–Kier alpha value is -1.85. The molecule has 19 heavy (non-hydrogen) atoms. The van der Waals surface area contributed by atoms with Crippen molar-refractivity contribution >= 4 is 11.9 Å². The molecule has 0 radical (unpaired) electrons. The summed E-state index contributed by atoms with van der Waals surface area (Å²) >= 11 is 0. The van der Waals surface area contributed by atoms with Crippen molar-refractivity contribution in [3.8, 4) is 0 Å². The van der Waals surface area contributed by atoms with Crippen LogP contribution in [0.4, 0.5) is 0 Å². The maximum Gasteiger partial charge on any atom is 0.329 e. The summed E-state index contributed by atoms with van der Waals surface area (Å²) in [5.41, 5.74) is 0.157. The van der Waals surface area contributed by atoms with Gasteiger partial charge in [0.15, 0.2) is 0 Å². The molecule has 0 aliphatic carbocycles. The number of likely N-dealkylation sites (N-methyl/N-ethyl adjacent to an activating group) is 1. The molecule has 6 heteroatoms. The summed E-state index contributed by atoms with van der Waals surface area (Å²) in [6, 6.07) is 0. The van der Waals surface area contributed by atoms with Crippen molar-refractivity contribution < 1.29 is 19.2 Å². The third-order valence-electron chi connectivity index (χ3n) is 3.32. The van der Waals surface area contributed by atoms with Gasteiger partial charge in [0.25, 0.3) is 0 Å². The summed E-state index contributed by atoms with van der Waals surface area (Å²) in [6.45, 7) is 8.63. The number of hydrogen-bond donors (Lipinski definition) is 1. The molecule has 1 heterocycles. The minimum Gasteiger partial charge on any atom is -0.480 e. The number of carboxylic acids is 1. The number of aliphatic carboxylic acids is 1. The molecule has 1 N–H and O–H groups in total. The fourth-order valence-electron chi connectivity index (χ4n) is 2.00. The molecular formula is C13H20N2O4. The summed E-state index contributed by atoms with van der Waals surface area (Å²) < 4.78 is 5.01. The first-order chi connectivity index (χ1) is 8.71. The highest BCUT2D eigenvalue weighted by Gasteiger charge is 2.37. The van der Waals surface area contributed by atoms with E-state index in [9.17, 15) is 14.7 Å². The second kappa shape index (κ2) is 5.42. The Balaban J connectivity index is 2.96. The molecule has 0 saturated heterocycles. The molecule has 0 aliphatic rings. The van der Waals surface area contributed by atoms with Crippen LogP contribution in [0.2, 0.25) is 0 Å². The van der Waals surface area contributed by atoms with Gasteiger partial charge in [-0.25, -0.2) is 4.79 Å². The largest absolute Gasteiger partial charge is 0.480 e. The van der Waals surface area contributed by atoms with Crippen molar-refractivity contribution in [3.63, 3.8) is 0 Å². The van der Waals surface area contributed by atoms with E-state index in [0.29, 0.717) is 18.0 Å². The molecule has 106 valence electrons. The Morgan fingerprint density at radius 3 is 2.32 bits per heavy atom. The summed E-state index contributed by atoms with van der Waals surface area (Å²) in [5, 5.41) is 13.0. The van der Waals surface area contributed by atoms with E-state index in [1.54, 1.807) is 20.8 Å². The number of hydrogen-bond acceptors (Lipinski definition) is 4. The van der Waals surface area contributed by atoms with Gasteiger partial charge in [-0.05, 0) is 34.6 Å². The van der Waals surface area contributed by atoms with Crippen molar-refractivity contribution in [1.82, 2.24) is 10.1 Å². The number of amides is 1. The lowest BCUT2D eigenvalue weighted by molar-refractivity contribution is -0.156. The van der Waals surface area contributed by atoms with Crippen LogP contribution in [-0.2, 0) is 16.0 Å². The first-order valence-electron chi connectivity index (χ1n) is 6.17. The predicted octanol–water partition coefficient (Wildman–Crippen LogP) is 1.55. The fourth-order valence-corrected chi connectivity index (χ4v) is 2.00. The highest BCUT2D eigenvalue weighted by Crippen LogP contribution is 2.19. The van der Waals surface area contributed by atoms with E-state index in [1.165, 1.54) is 18.7 Å². The van der Waals surface area contributed by atoms with Crippen LogP contribution in [0.15, 0.2) is 4.52 Å². The van der Waals surface area contributed by atoms with Gasteiger partial charge < -0.3 is 14.5 Å². The highest BCUT2D eigenvalue weighted by atomic mass is 16.5. The van der Waals surface area contributed by atoms with Crippen molar-refractivity contribution in [3.05, 3.63) is 17.0 Å². The van der Waals surface area contributed by atoms with Crippen LogP contribution in [0.25, 0.3) is 0 Å². The van der Waals surface area contributed by atoms with Crippen LogP contribution >= 0.6 is 0 Å². The Kier molecular flexibility index (Phi) is 4.34. The minimum absolute atomic E-state index is 0.103. The van der Waals surface area contributed by atoms with E-state index >= 15 is 0 Å². The van der Waals surface area contributed by atoms with Crippen LogP contribution in [0, 0.1) is 13.8 Å². The van der Waals surface area contributed by atoms with Crippen molar-refractivity contribution in [2.24, 2.45) is 0 Å². The zero-order valence-electron chi connectivity index (χ0n) is 12.0. The van der Waals surface area contributed by atoms with Gasteiger partial charge in [-0.3, -0.25) is 4.79 Å². The smallest absolute Gasteiger partial charge is 0.329 e. The molecule has 0 saturated carbocycles. The van der Waals surface area contributed by atoms with Gasteiger partial charge >= 0.3 is 5.97 Å². The quantitative estimate of drug-likeness (QED) is 0.875. The highest BCUT2D eigenvalue weighted by molar-refractivity contribution is 5.87. The average Bonchev–Trinajstić information content (AvgIpc) is 2.61. The SMILES string of the molecule is CCN(C(=O)Cc1c(C)noc1C)C(C)(C)C(=O)O. The number of carboxylic acid groups (broad SMARTS) is 1. The molecule has 1 amide bonds. The van der Waals surface area contributed by atoms with Gasteiger partial charge in [0, 0.05) is 12.1 Å². The van der Waals surface area contributed by atoms with Crippen LogP contribution < -0.4 is 0 Å². The first-order valence-corrected chi connectivity index (χ1v) is 6.17. The maximum atomic E-state index is 12.3. The molecule has 6 nitrogen and oxygen atoms in total. The third kappa shape index (κ3) is 2.94. The molecule has 0 fully saturated rings. The van der Waals surface area contributed by atoms with E-state index in [1.807, 2.05) is 0 Å². The molecule has 0 unspecified atom stereocenters. The minimum atomic E-state index is -1.23. The summed E-state index contributed by atoms with van der Waals surface area (Å²) in [5.74, 6) is -0.680. The second-order valence-corrected chi connectivity index (χ2v) is 4.98. The van der Waals surface area contributed by atoms with E-state index < -0.39 is 11.5 Å². The van der Waals surface area contributed by atoms with Gasteiger partial charge in [0.1, 0.15) is 11.3 Å². The predicted molar refractivity (Wildman–Crippen MR) is 68.8 cm³/mol. The average molecular weight is 268 g/mol. The molecule has 0 bridgehead atoms. The van der Waals surface area contributed by atoms with Crippen molar-refractivity contribution in [2.75, 3.05) is 6.54 Å². The van der Waals surface area contributed by atoms with E-state index in [2.05, 4.69) is 5.16 Å². The lowest BCUT2D eigenvalue weighted by Gasteiger charge is -2.34.